The van der Waals surface area contributed by atoms with Crippen molar-refractivity contribution < 1.29 is 23.5 Å². The van der Waals surface area contributed by atoms with Crippen LogP contribution >= 0.6 is 0 Å². The fourth-order valence-corrected chi connectivity index (χ4v) is 10.9. The van der Waals surface area contributed by atoms with Crippen LogP contribution in [0.15, 0.2) is 70.6 Å². The van der Waals surface area contributed by atoms with Crippen LogP contribution in [-0.2, 0) is 19.9 Å². The Morgan fingerprint density at radius 1 is 1.14 bits per heavy atom. The Morgan fingerprint density at radius 3 is 2.59 bits per heavy atom. The third kappa shape index (κ3) is 6.25. The van der Waals surface area contributed by atoms with Gasteiger partial charge in [-0.2, -0.15) is 0 Å². The predicted octanol–water partition coefficient (Wildman–Crippen LogP) is 6.51. The minimum absolute atomic E-state index is 0.0687. The molecule has 3 aromatic rings. The number of nitrogens with zero attached hydrogens (tertiary/aromatic N) is 3. The van der Waals surface area contributed by atoms with Crippen LogP contribution in [0.2, 0.25) is 18.6 Å². The van der Waals surface area contributed by atoms with Gasteiger partial charge in [-0.15, -0.1) is 0 Å². The number of likely N-dealkylation sites (tertiary alicyclic amines) is 1. The molecule has 0 aliphatic carbocycles. The number of ether oxygens (including phenoxy) is 1. The molecule has 2 saturated heterocycles. The number of rotatable bonds is 10. The number of aliphatic hydroxyl groups is 1. The minimum Gasteiger partial charge on any atom is -0.394 e. The second-order valence-corrected chi connectivity index (χ2v) is 18.6. The number of carbonyl (C=O) groups is 2. The van der Waals surface area contributed by atoms with Gasteiger partial charge in [0.1, 0.15) is 0 Å². The van der Waals surface area contributed by atoms with Gasteiger partial charge in [-0.1, -0.05) is 42.4 Å². The molecule has 3 aliphatic rings. The van der Waals surface area contributed by atoms with E-state index in [4.69, 9.17) is 4.74 Å². The number of amides is 2. The molecule has 6 rings (SSSR count). The number of carbonyl (C=O) groups excluding carboxylic acids is 2. The Balaban J connectivity index is 1.43. The van der Waals surface area contributed by atoms with E-state index in [2.05, 4.69) is 38.0 Å². The van der Waals surface area contributed by atoms with Crippen molar-refractivity contribution in [1.82, 2.24) is 14.7 Å². The smallest absolute Gasteiger partial charge is 0.279 e. The molecule has 0 unspecified atom stereocenters. The Bertz CT molecular complexity index is 1870. The fraction of sp³-hybridized carbons (Fsp3) is 0.500. The molecule has 49 heavy (non-hydrogen) atoms. The number of allylic oxidation sites excluding steroid dienone is 3. The zero-order valence-electron chi connectivity index (χ0n) is 29.5. The molecule has 262 valence electrons. The van der Waals surface area contributed by atoms with Crippen molar-refractivity contribution in [2.75, 3.05) is 24.6 Å². The second kappa shape index (κ2) is 13.5. The van der Waals surface area contributed by atoms with E-state index >= 15 is 4.11 Å². The Morgan fingerprint density at radius 2 is 1.90 bits per heavy atom. The van der Waals surface area contributed by atoms with Gasteiger partial charge in [-0.25, -0.2) is 4.68 Å². The summed E-state index contributed by atoms with van der Waals surface area (Å²) in [5.74, 6) is -1.06. The van der Waals surface area contributed by atoms with Crippen molar-refractivity contribution in [3.63, 3.8) is 0 Å². The quantitative estimate of drug-likeness (QED) is 0.144. The van der Waals surface area contributed by atoms with Crippen LogP contribution in [0.4, 0.5) is 9.80 Å². The molecule has 3 aliphatic heterocycles. The van der Waals surface area contributed by atoms with Gasteiger partial charge in [0.2, 0.25) is 14.3 Å². The zero-order chi connectivity index (χ0) is 35.2. The number of hydrogen-bond acceptors (Lipinski definition) is 5. The topological polar surface area (TPSA) is 108 Å². The van der Waals surface area contributed by atoms with Crippen LogP contribution in [0.1, 0.15) is 65.4 Å². The number of benzene rings is 2. The summed E-state index contributed by atoms with van der Waals surface area (Å²) in [6, 6.07) is 12.5. The summed E-state index contributed by atoms with van der Waals surface area (Å²) in [7, 11) is -3.51. The number of fused-ring (bicyclic) bond motifs is 3. The molecule has 1 aromatic heterocycles. The number of para-hydroxylation sites is 1. The van der Waals surface area contributed by atoms with Crippen molar-refractivity contribution in [1.29, 1.82) is 0 Å². The summed E-state index contributed by atoms with van der Waals surface area (Å²) in [5.41, 5.74) is 2.45. The second-order valence-electron chi connectivity index (χ2n) is 14.8. The lowest BCUT2D eigenvalue weighted by molar-refractivity contribution is -0.149. The molecule has 4 heterocycles. The van der Waals surface area contributed by atoms with E-state index < -0.39 is 31.6 Å². The van der Waals surface area contributed by atoms with Crippen molar-refractivity contribution in [3.8, 4) is 5.69 Å². The summed E-state index contributed by atoms with van der Waals surface area (Å²) < 4.78 is 24.8. The summed E-state index contributed by atoms with van der Waals surface area (Å²) >= 11 is 0. The third-order valence-electron chi connectivity index (χ3n) is 10.8. The summed E-state index contributed by atoms with van der Waals surface area (Å²) in [5, 5.41) is 13.6. The van der Waals surface area contributed by atoms with Crippen molar-refractivity contribution in [3.05, 3.63) is 81.7 Å². The molecule has 11 heteroatoms. The highest BCUT2D eigenvalue weighted by Gasteiger charge is 2.67. The lowest BCUT2D eigenvalue weighted by Gasteiger charge is -2.31. The molecule has 0 saturated carbocycles. The largest absolute Gasteiger partial charge is 0.394 e. The van der Waals surface area contributed by atoms with Crippen molar-refractivity contribution >= 4 is 36.8 Å². The monoisotopic (exact) mass is 688 g/mol. The van der Waals surface area contributed by atoms with Gasteiger partial charge in [0.15, 0.2) is 5.60 Å². The molecule has 5 atom stereocenters. The van der Waals surface area contributed by atoms with Gasteiger partial charge in [-0.05, 0) is 89.9 Å². The molecular weight excluding hydrogens is 640 g/mol. The van der Waals surface area contributed by atoms with E-state index in [1.807, 2.05) is 43.3 Å². The first-order valence-corrected chi connectivity index (χ1v) is 20.5. The van der Waals surface area contributed by atoms with E-state index in [9.17, 15) is 19.5 Å². The van der Waals surface area contributed by atoms with E-state index in [0.29, 0.717) is 40.9 Å². The minimum atomic E-state index is -3.51. The molecule has 2 N–H and O–H groups in total. The van der Waals surface area contributed by atoms with Gasteiger partial charge < -0.3 is 23.8 Å². The average molecular weight is 689 g/mol. The van der Waals surface area contributed by atoms with Gasteiger partial charge in [0.05, 0.1) is 47.5 Å². The van der Waals surface area contributed by atoms with Crippen LogP contribution in [0.25, 0.3) is 16.6 Å². The number of anilines is 1. The molecule has 2 aromatic carbocycles. The molecule has 9 nitrogen and oxygen atoms in total. The third-order valence-corrected chi connectivity index (χ3v) is 13.3. The van der Waals surface area contributed by atoms with E-state index in [1.54, 1.807) is 29.0 Å². The van der Waals surface area contributed by atoms with Crippen LogP contribution in [0.3, 0.4) is 0 Å². The Labute approximate surface area is 288 Å². The number of halogens is 1. The highest BCUT2D eigenvalue weighted by Crippen LogP contribution is 2.60. The first-order valence-electron chi connectivity index (χ1n) is 17.5. The van der Waals surface area contributed by atoms with Crippen LogP contribution < -0.4 is 10.5 Å². The number of H-pyrrole nitrogens is 1. The zero-order valence-corrected chi connectivity index (χ0v) is 30.5. The molecule has 0 bridgehead atoms. The first-order chi connectivity index (χ1) is 23.3. The van der Waals surface area contributed by atoms with Gasteiger partial charge >= 0.3 is 0 Å². The summed E-state index contributed by atoms with van der Waals surface area (Å²) in [6.45, 7) is 12.1. The molecule has 2 fully saturated rings. The maximum Gasteiger partial charge on any atom is 0.279 e. The first kappa shape index (κ1) is 35.0. The Hall–Kier alpha value is -3.80. The number of hydrogen-bond donors (Lipinski definition) is 2. The lowest BCUT2D eigenvalue weighted by Crippen LogP contribution is -2.45. The molecular formula is C38H49FN4O5Si. The van der Waals surface area contributed by atoms with Crippen LogP contribution in [-0.4, -0.2) is 71.9 Å². The molecule has 1 spiro atoms. The predicted molar refractivity (Wildman–Crippen MR) is 193 cm³/mol. The highest BCUT2D eigenvalue weighted by atomic mass is 28.4. The van der Waals surface area contributed by atoms with Gasteiger partial charge in [0, 0.05) is 30.1 Å². The SMILES string of the molecule is CC(C)=CCC/C(C)=C/CN1C(=O)[C@]2(O[C@H](CC(=O)N3CCC[C@H]3CO)[C@@H]([Si](C)(C)F)[C@@H]2C)c2cc(-n3[nH]c4ccccc4c3=O)ccc21. The van der Waals surface area contributed by atoms with Gasteiger partial charge in [-0.3, -0.25) is 19.5 Å². The standard InChI is InChI=1S/C38H49FN4O5Si/c1-24(2)11-9-12-25(3)18-20-42-32-17-16-27(43-36(46)29-14-7-8-15-31(29)40-43)21-30(32)38(37(42)47)26(4)35(49(5,6)39)33(48-38)22-34(45)41-19-10-13-28(41)23-44/h7-8,11,14-18,21,26,28,33,35,40,44H,9-10,12-13,19-20,22-23H2,1-6H3/b25-18+/t26-,28-,33+,35-,38+/m0/s1. The van der Waals surface area contributed by atoms with Crippen LogP contribution in [0.5, 0.6) is 0 Å². The van der Waals surface area contributed by atoms with Crippen molar-refractivity contribution in [2.45, 2.75) is 96.2 Å². The van der Waals surface area contributed by atoms with E-state index in [-0.39, 0.29) is 36.4 Å². The number of nitrogens with one attached hydrogen (secondary N) is 1. The van der Waals surface area contributed by atoms with E-state index in [1.165, 1.54) is 10.3 Å². The Kier molecular flexibility index (Phi) is 9.64. The van der Waals surface area contributed by atoms with E-state index in [0.717, 1.165) is 31.3 Å². The maximum atomic E-state index is 16.5. The summed E-state index contributed by atoms with van der Waals surface area (Å²) in [4.78, 5) is 45.4. The molecule has 2 amide bonds. The maximum absolute atomic E-state index is 16.5. The molecule has 0 radical (unpaired) electrons. The normalized spacial score (nSPS) is 25.6. The number of aliphatic hydroxyl groups excluding tert-OH is 1. The van der Waals surface area contributed by atoms with Crippen molar-refractivity contribution in [2.24, 2.45) is 5.92 Å². The van der Waals surface area contributed by atoms with Crippen LogP contribution in [0, 0.1) is 5.92 Å². The number of aromatic nitrogens is 2. The fourth-order valence-electron chi connectivity index (χ4n) is 8.38. The number of aromatic amines is 1. The lowest BCUT2D eigenvalue weighted by atomic mass is 9.82. The highest BCUT2D eigenvalue weighted by molar-refractivity contribution is 6.72. The average Bonchev–Trinajstić information content (AvgIpc) is 3.79. The van der Waals surface area contributed by atoms with Gasteiger partial charge in [0.25, 0.3) is 11.5 Å². The summed E-state index contributed by atoms with van der Waals surface area (Å²) in [6.07, 6.45) is 6.64.